The van der Waals surface area contributed by atoms with Crippen LogP contribution in [-0.2, 0) is 0 Å². The number of rotatable bonds is 4. The number of furan rings is 1. The Morgan fingerprint density at radius 2 is 1.61 bits per heavy atom. The third-order valence-electron chi connectivity index (χ3n) is 3.36. The highest BCUT2D eigenvalue weighted by Crippen LogP contribution is 2.36. The maximum Gasteiger partial charge on any atom is 0.274 e. The van der Waals surface area contributed by atoms with Gasteiger partial charge in [-0.2, -0.15) is 0 Å². The Hall–Kier alpha value is -3.42. The van der Waals surface area contributed by atoms with Gasteiger partial charge in [0, 0.05) is 29.1 Å². The van der Waals surface area contributed by atoms with Gasteiger partial charge in [-0.05, 0) is 18.2 Å². The van der Waals surface area contributed by atoms with Gasteiger partial charge in [0.25, 0.3) is 11.4 Å². The van der Waals surface area contributed by atoms with Crippen molar-refractivity contribution in [2.24, 2.45) is 0 Å². The lowest BCUT2D eigenvalue weighted by molar-refractivity contribution is -0.385. The van der Waals surface area contributed by atoms with Gasteiger partial charge < -0.3 is 9.15 Å². The minimum atomic E-state index is -0.513. The number of hydrogen-bond donors (Lipinski definition) is 0. The Labute approximate surface area is 129 Å². The molecule has 8 nitrogen and oxygen atoms in total. The third-order valence-corrected chi connectivity index (χ3v) is 3.36. The Morgan fingerprint density at radius 1 is 0.957 bits per heavy atom. The van der Waals surface area contributed by atoms with Crippen molar-refractivity contribution in [1.82, 2.24) is 0 Å². The van der Waals surface area contributed by atoms with Gasteiger partial charge in [0.1, 0.15) is 5.76 Å². The molecule has 0 aliphatic heterocycles. The number of methoxy groups -OCH3 is 1. The lowest BCUT2D eigenvalue weighted by Gasteiger charge is -2.00. The normalized spacial score (nSPS) is 10.7. The molecule has 0 aliphatic carbocycles. The van der Waals surface area contributed by atoms with E-state index in [2.05, 4.69) is 0 Å². The number of nitro benzene ring substituents is 2. The van der Waals surface area contributed by atoms with Crippen LogP contribution in [0.3, 0.4) is 0 Å². The fourth-order valence-electron chi connectivity index (χ4n) is 2.25. The van der Waals surface area contributed by atoms with E-state index in [1.165, 1.54) is 31.4 Å². The second-order valence-electron chi connectivity index (χ2n) is 4.74. The van der Waals surface area contributed by atoms with Crippen LogP contribution in [-0.4, -0.2) is 17.0 Å². The van der Waals surface area contributed by atoms with Crippen LogP contribution in [0.1, 0.15) is 0 Å². The minimum absolute atomic E-state index is 0.0296. The van der Waals surface area contributed by atoms with Gasteiger partial charge in [0.15, 0.2) is 11.3 Å². The zero-order valence-electron chi connectivity index (χ0n) is 11.9. The Bertz CT molecular complexity index is 914. The first kappa shape index (κ1) is 14.5. The SMILES string of the molecule is COc1cc([N+](=O)[O-])cc2cc(-c3ccc([N+](=O)[O-])cc3)oc12. The maximum absolute atomic E-state index is 10.9. The van der Waals surface area contributed by atoms with Crippen LogP contribution in [0.2, 0.25) is 0 Å². The molecule has 0 atom stereocenters. The molecular weight excluding hydrogens is 304 g/mol. The van der Waals surface area contributed by atoms with Gasteiger partial charge in [-0.3, -0.25) is 20.2 Å². The molecule has 0 aliphatic rings. The van der Waals surface area contributed by atoms with Crippen LogP contribution in [0.15, 0.2) is 46.9 Å². The van der Waals surface area contributed by atoms with Crippen molar-refractivity contribution in [3.63, 3.8) is 0 Å². The van der Waals surface area contributed by atoms with Crippen molar-refractivity contribution >= 4 is 22.3 Å². The lowest BCUT2D eigenvalue weighted by Crippen LogP contribution is -1.90. The molecule has 0 fully saturated rings. The molecule has 1 heterocycles. The molecule has 8 heteroatoms. The molecule has 0 saturated carbocycles. The molecule has 0 bridgehead atoms. The van der Waals surface area contributed by atoms with Crippen molar-refractivity contribution in [3.8, 4) is 17.1 Å². The van der Waals surface area contributed by atoms with Gasteiger partial charge in [-0.1, -0.05) is 0 Å². The number of fused-ring (bicyclic) bond motifs is 1. The first-order valence-electron chi connectivity index (χ1n) is 6.50. The Morgan fingerprint density at radius 3 is 2.17 bits per heavy atom. The van der Waals surface area contributed by atoms with Crippen LogP contribution in [0.5, 0.6) is 5.75 Å². The average molecular weight is 314 g/mol. The monoisotopic (exact) mass is 314 g/mol. The summed E-state index contributed by atoms with van der Waals surface area (Å²) in [6.07, 6.45) is 0. The quantitative estimate of drug-likeness (QED) is 0.533. The van der Waals surface area contributed by atoms with Gasteiger partial charge in [-0.25, -0.2) is 0 Å². The fourth-order valence-corrected chi connectivity index (χ4v) is 2.25. The molecule has 0 N–H and O–H groups in total. The standard InChI is InChI=1S/C15H10N2O6/c1-22-14-8-12(17(20)21)6-10-7-13(23-15(10)14)9-2-4-11(5-3-9)16(18)19/h2-8H,1H3. The maximum atomic E-state index is 10.9. The Balaban J connectivity index is 2.12. The first-order valence-corrected chi connectivity index (χ1v) is 6.50. The highest BCUT2D eigenvalue weighted by Gasteiger charge is 2.17. The summed E-state index contributed by atoms with van der Waals surface area (Å²) >= 11 is 0. The van der Waals surface area contributed by atoms with E-state index in [1.807, 2.05) is 0 Å². The van der Waals surface area contributed by atoms with E-state index in [9.17, 15) is 20.2 Å². The van der Waals surface area contributed by atoms with Gasteiger partial charge >= 0.3 is 0 Å². The summed E-state index contributed by atoms with van der Waals surface area (Å²) in [7, 11) is 1.40. The number of nitrogens with zero attached hydrogens (tertiary/aromatic N) is 2. The molecule has 0 amide bonds. The molecular formula is C15H10N2O6. The summed E-state index contributed by atoms with van der Waals surface area (Å²) in [5.74, 6) is 0.691. The van der Waals surface area contributed by atoms with Gasteiger partial charge in [0.05, 0.1) is 23.0 Å². The number of hydrogen-bond acceptors (Lipinski definition) is 6. The number of ether oxygens (including phenoxy) is 1. The molecule has 0 saturated heterocycles. The number of non-ortho nitro benzene ring substituents is 2. The van der Waals surface area contributed by atoms with Crippen LogP contribution in [0.4, 0.5) is 11.4 Å². The molecule has 2 aromatic carbocycles. The minimum Gasteiger partial charge on any atom is -0.493 e. The second kappa shape index (κ2) is 5.41. The van der Waals surface area contributed by atoms with Crippen molar-refractivity contribution in [3.05, 3.63) is 62.7 Å². The van der Waals surface area contributed by atoms with Crippen molar-refractivity contribution in [2.75, 3.05) is 7.11 Å². The first-order chi connectivity index (χ1) is 11.0. The zero-order valence-corrected chi connectivity index (χ0v) is 11.9. The summed E-state index contributed by atoms with van der Waals surface area (Å²) in [6, 6.07) is 10.1. The molecule has 116 valence electrons. The Kier molecular flexibility index (Phi) is 3.41. The molecule has 1 aromatic heterocycles. The van der Waals surface area contributed by atoms with E-state index in [1.54, 1.807) is 18.2 Å². The summed E-state index contributed by atoms with van der Waals surface area (Å²) < 4.78 is 10.8. The van der Waals surface area contributed by atoms with Gasteiger partial charge in [-0.15, -0.1) is 0 Å². The topological polar surface area (TPSA) is 109 Å². The number of benzene rings is 2. The molecule has 0 unspecified atom stereocenters. The molecule has 3 aromatic rings. The van der Waals surface area contributed by atoms with E-state index in [4.69, 9.17) is 9.15 Å². The molecule has 23 heavy (non-hydrogen) atoms. The summed E-state index contributed by atoms with van der Waals surface area (Å²) in [5, 5.41) is 22.1. The fraction of sp³-hybridized carbons (Fsp3) is 0.0667. The summed E-state index contributed by atoms with van der Waals surface area (Å²) in [6.45, 7) is 0. The van der Waals surface area contributed by atoms with Crippen LogP contribution in [0, 0.1) is 20.2 Å². The van der Waals surface area contributed by atoms with E-state index < -0.39 is 9.85 Å². The molecule has 3 rings (SSSR count). The zero-order chi connectivity index (χ0) is 16.6. The van der Waals surface area contributed by atoms with Crippen molar-refractivity contribution in [1.29, 1.82) is 0 Å². The smallest absolute Gasteiger partial charge is 0.274 e. The van der Waals surface area contributed by atoms with Crippen molar-refractivity contribution < 1.29 is 19.0 Å². The predicted octanol–water partition coefficient (Wildman–Crippen LogP) is 3.92. The van der Waals surface area contributed by atoms with E-state index >= 15 is 0 Å². The van der Waals surface area contributed by atoms with E-state index in [-0.39, 0.29) is 17.1 Å². The highest BCUT2D eigenvalue weighted by atomic mass is 16.6. The van der Waals surface area contributed by atoms with Crippen LogP contribution < -0.4 is 4.74 Å². The van der Waals surface area contributed by atoms with E-state index in [0.717, 1.165) is 0 Å². The summed E-state index contributed by atoms with van der Waals surface area (Å²) in [4.78, 5) is 20.6. The lowest BCUT2D eigenvalue weighted by atomic mass is 10.1. The highest BCUT2D eigenvalue weighted by molar-refractivity contribution is 5.89. The van der Waals surface area contributed by atoms with Crippen molar-refractivity contribution in [2.45, 2.75) is 0 Å². The van der Waals surface area contributed by atoms with E-state index in [0.29, 0.717) is 22.3 Å². The largest absolute Gasteiger partial charge is 0.493 e. The molecule has 0 radical (unpaired) electrons. The molecule has 0 spiro atoms. The number of nitro groups is 2. The predicted molar refractivity (Wildman–Crippen MR) is 81.5 cm³/mol. The van der Waals surface area contributed by atoms with Crippen LogP contribution in [0.25, 0.3) is 22.3 Å². The average Bonchev–Trinajstić information content (AvgIpc) is 2.97. The summed E-state index contributed by atoms with van der Waals surface area (Å²) in [5.41, 5.74) is 0.867. The van der Waals surface area contributed by atoms with Gasteiger partial charge in [0.2, 0.25) is 0 Å². The second-order valence-corrected chi connectivity index (χ2v) is 4.74. The third kappa shape index (κ3) is 2.57. The van der Waals surface area contributed by atoms with Crippen LogP contribution >= 0.6 is 0 Å².